The molecule has 1 fully saturated rings. The lowest BCUT2D eigenvalue weighted by Gasteiger charge is -2.18. The van der Waals surface area contributed by atoms with Crippen molar-refractivity contribution in [2.75, 3.05) is 23.3 Å². The average molecular weight is 414 g/mol. The minimum Gasteiger partial charge on any atom is -0.391 e. The zero-order valence-corrected chi connectivity index (χ0v) is 17.4. The third kappa shape index (κ3) is 4.06. The zero-order chi connectivity index (χ0) is 20.8. The smallest absolute Gasteiger partial charge is 0.229 e. The Labute approximate surface area is 174 Å². The molecule has 8 heteroatoms. The van der Waals surface area contributed by atoms with Crippen molar-refractivity contribution in [3.8, 4) is 11.3 Å². The SMILES string of the molecule is CC(C)(C)C(=O)Nc1cc(-c2cn3nc(N4CC[C@@H](O)C4)ccc3n2)ccc1Cl. The van der Waals surface area contributed by atoms with Crippen molar-refractivity contribution in [3.63, 3.8) is 0 Å². The number of carbonyl (C=O) groups excluding carboxylic acids is 1. The van der Waals surface area contributed by atoms with E-state index in [1.807, 2.05) is 51.2 Å². The van der Waals surface area contributed by atoms with Gasteiger partial charge in [-0.25, -0.2) is 9.50 Å². The number of halogens is 1. The summed E-state index contributed by atoms with van der Waals surface area (Å²) in [5.74, 6) is 0.706. The number of aliphatic hydroxyl groups excluding tert-OH is 1. The minimum atomic E-state index is -0.522. The fourth-order valence-corrected chi connectivity index (χ4v) is 3.38. The van der Waals surface area contributed by atoms with Crippen LogP contribution in [0.15, 0.2) is 36.5 Å². The molecule has 0 radical (unpaired) electrons. The van der Waals surface area contributed by atoms with Gasteiger partial charge in [0, 0.05) is 24.1 Å². The molecule has 0 unspecified atom stereocenters. The maximum atomic E-state index is 12.3. The quantitative estimate of drug-likeness (QED) is 0.685. The summed E-state index contributed by atoms with van der Waals surface area (Å²) in [4.78, 5) is 19.0. The van der Waals surface area contributed by atoms with Crippen molar-refractivity contribution in [3.05, 3.63) is 41.6 Å². The second kappa shape index (κ2) is 7.31. The van der Waals surface area contributed by atoms with E-state index in [2.05, 4.69) is 20.3 Å². The molecule has 2 aromatic heterocycles. The molecule has 3 aromatic rings. The molecule has 152 valence electrons. The van der Waals surface area contributed by atoms with E-state index < -0.39 is 5.41 Å². The molecule has 1 amide bonds. The second-order valence-corrected chi connectivity index (χ2v) is 8.81. The standard InChI is InChI=1S/C21H24ClN5O2/c1-21(2,3)20(29)24-16-10-13(4-5-15(16)22)17-12-27-18(23-17)6-7-19(25-27)26-9-8-14(28)11-26/h4-7,10,12,14,28H,8-9,11H2,1-3H3,(H,24,29)/t14-/m1/s1. The Morgan fingerprint density at radius 1 is 1.28 bits per heavy atom. The van der Waals surface area contributed by atoms with Crippen molar-refractivity contribution in [2.45, 2.75) is 33.3 Å². The highest BCUT2D eigenvalue weighted by molar-refractivity contribution is 6.33. The van der Waals surface area contributed by atoms with Gasteiger partial charge in [-0.3, -0.25) is 4.79 Å². The van der Waals surface area contributed by atoms with Crippen LogP contribution in [0.1, 0.15) is 27.2 Å². The van der Waals surface area contributed by atoms with Crippen LogP contribution in [0.25, 0.3) is 16.9 Å². The number of fused-ring (bicyclic) bond motifs is 1. The summed E-state index contributed by atoms with van der Waals surface area (Å²) in [6, 6.07) is 9.28. The molecule has 1 atom stereocenters. The summed E-state index contributed by atoms with van der Waals surface area (Å²) in [7, 11) is 0. The number of β-amino-alcohol motifs (C(OH)–C–C–N with tert-alkyl or cyclic N) is 1. The molecule has 1 aliphatic rings. The molecular formula is C21H24ClN5O2. The molecule has 4 rings (SSSR count). The van der Waals surface area contributed by atoms with E-state index in [0.717, 1.165) is 35.7 Å². The first-order valence-electron chi connectivity index (χ1n) is 9.61. The normalized spacial score (nSPS) is 17.1. The van der Waals surface area contributed by atoms with Crippen molar-refractivity contribution < 1.29 is 9.90 Å². The number of nitrogens with zero attached hydrogens (tertiary/aromatic N) is 4. The summed E-state index contributed by atoms with van der Waals surface area (Å²) in [6.45, 7) is 6.93. The molecule has 1 saturated heterocycles. The van der Waals surface area contributed by atoms with Crippen molar-refractivity contribution in [1.29, 1.82) is 0 Å². The highest BCUT2D eigenvalue weighted by Gasteiger charge is 2.23. The molecule has 7 nitrogen and oxygen atoms in total. The number of aromatic nitrogens is 3. The van der Waals surface area contributed by atoms with Crippen LogP contribution in [0, 0.1) is 5.41 Å². The van der Waals surface area contributed by atoms with Crippen LogP contribution in [0.3, 0.4) is 0 Å². The summed E-state index contributed by atoms with van der Waals surface area (Å²) in [5.41, 5.74) is 2.33. The third-order valence-corrected chi connectivity index (χ3v) is 5.31. The van der Waals surface area contributed by atoms with Gasteiger partial charge in [0.25, 0.3) is 0 Å². The fraction of sp³-hybridized carbons (Fsp3) is 0.381. The number of nitrogens with one attached hydrogen (secondary N) is 1. The van der Waals surface area contributed by atoms with E-state index in [-0.39, 0.29) is 12.0 Å². The highest BCUT2D eigenvalue weighted by atomic mass is 35.5. The summed E-state index contributed by atoms with van der Waals surface area (Å²) in [5, 5.41) is 17.8. The predicted molar refractivity (Wildman–Crippen MR) is 114 cm³/mol. The number of aliphatic hydroxyl groups is 1. The summed E-state index contributed by atoms with van der Waals surface area (Å²) < 4.78 is 1.73. The number of anilines is 2. The first kappa shape index (κ1) is 19.7. The van der Waals surface area contributed by atoms with Crippen LogP contribution in [0.2, 0.25) is 5.02 Å². The molecule has 0 bridgehead atoms. The Morgan fingerprint density at radius 2 is 2.07 bits per heavy atom. The van der Waals surface area contributed by atoms with Gasteiger partial charge < -0.3 is 15.3 Å². The van der Waals surface area contributed by atoms with Crippen LogP contribution in [-0.4, -0.2) is 44.8 Å². The number of carbonyl (C=O) groups is 1. The summed E-state index contributed by atoms with van der Waals surface area (Å²) >= 11 is 6.28. The number of hydrogen-bond acceptors (Lipinski definition) is 5. The number of rotatable bonds is 3. The summed E-state index contributed by atoms with van der Waals surface area (Å²) in [6.07, 6.45) is 2.30. The van der Waals surface area contributed by atoms with E-state index in [4.69, 9.17) is 11.6 Å². The molecule has 0 spiro atoms. The number of imidazole rings is 1. The lowest BCUT2D eigenvalue weighted by molar-refractivity contribution is -0.123. The van der Waals surface area contributed by atoms with E-state index in [1.165, 1.54) is 0 Å². The van der Waals surface area contributed by atoms with Gasteiger partial charge in [0.05, 0.1) is 28.7 Å². The van der Waals surface area contributed by atoms with Gasteiger partial charge in [-0.2, -0.15) is 0 Å². The fourth-order valence-electron chi connectivity index (χ4n) is 3.22. The van der Waals surface area contributed by atoms with Crippen LogP contribution < -0.4 is 10.2 Å². The topological polar surface area (TPSA) is 82.8 Å². The number of benzene rings is 1. The zero-order valence-electron chi connectivity index (χ0n) is 16.7. The van der Waals surface area contributed by atoms with Gasteiger partial charge in [0.1, 0.15) is 5.82 Å². The van der Waals surface area contributed by atoms with Gasteiger partial charge in [0.15, 0.2) is 5.65 Å². The van der Waals surface area contributed by atoms with Gasteiger partial charge in [-0.1, -0.05) is 38.4 Å². The lowest BCUT2D eigenvalue weighted by Crippen LogP contribution is -2.27. The molecule has 0 aliphatic carbocycles. The largest absolute Gasteiger partial charge is 0.391 e. The Kier molecular flexibility index (Phi) is 4.96. The first-order chi connectivity index (χ1) is 13.7. The van der Waals surface area contributed by atoms with Crippen molar-refractivity contribution in [2.24, 2.45) is 5.41 Å². The molecule has 0 saturated carbocycles. The molecule has 1 aliphatic heterocycles. The Morgan fingerprint density at radius 3 is 2.76 bits per heavy atom. The van der Waals surface area contributed by atoms with Crippen molar-refractivity contribution >= 4 is 34.7 Å². The molecule has 1 aromatic carbocycles. The molecule has 2 N–H and O–H groups in total. The number of amides is 1. The van der Waals surface area contributed by atoms with E-state index in [9.17, 15) is 9.90 Å². The van der Waals surface area contributed by atoms with E-state index >= 15 is 0 Å². The first-order valence-corrected chi connectivity index (χ1v) is 9.99. The van der Waals surface area contributed by atoms with Crippen LogP contribution in [0.4, 0.5) is 11.5 Å². The van der Waals surface area contributed by atoms with Gasteiger partial charge in [-0.15, -0.1) is 5.10 Å². The Balaban J connectivity index is 1.64. The van der Waals surface area contributed by atoms with Gasteiger partial charge >= 0.3 is 0 Å². The maximum absolute atomic E-state index is 12.3. The monoisotopic (exact) mass is 413 g/mol. The second-order valence-electron chi connectivity index (χ2n) is 8.41. The van der Waals surface area contributed by atoms with Crippen molar-refractivity contribution in [1.82, 2.24) is 14.6 Å². The van der Waals surface area contributed by atoms with E-state index in [1.54, 1.807) is 10.6 Å². The van der Waals surface area contributed by atoms with Gasteiger partial charge in [-0.05, 0) is 30.7 Å². The Hall–Kier alpha value is -2.64. The van der Waals surface area contributed by atoms with Crippen LogP contribution in [0.5, 0.6) is 0 Å². The van der Waals surface area contributed by atoms with Crippen LogP contribution >= 0.6 is 11.6 Å². The van der Waals surface area contributed by atoms with Crippen LogP contribution in [-0.2, 0) is 4.79 Å². The van der Waals surface area contributed by atoms with Gasteiger partial charge in [0.2, 0.25) is 5.91 Å². The third-order valence-electron chi connectivity index (χ3n) is 4.98. The minimum absolute atomic E-state index is 0.106. The highest BCUT2D eigenvalue weighted by Crippen LogP contribution is 2.30. The van der Waals surface area contributed by atoms with E-state index in [0.29, 0.717) is 17.3 Å². The maximum Gasteiger partial charge on any atom is 0.229 e. The predicted octanol–water partition coefficient (Wildman–Crippen LogP) is 3.61. The Bertz CT molecular complexity index is 1070. The molecular weight excluding hydrogens is 390 g/mol. The number of hydrogen-bond donors (Lipinski definition) is 2. The lowest BCUT2D eigenvalue weighted by atomic mass is 9.95. The average Bonchev–Trinajstić information content (AvgIpc) is 3.28. The molecule has 3 heterocycles. The molecule has 29 heavy (non-hydrogen) atoms.